The number of ether oxygens (including phenoxy) is 1. The van der Waals surface area contributed by atoms with Crippen molar-refractivity contribution in [2.24, 2.45) is 17.8 Å². The van der Waals surface area contributed by atoms with Gasteiger partial charge in [-0.1, -0.05) is 45.4 Å². The Bertz CT molecular complexity index is 789. The van der Waals surface area contributed by atoms with Gasteiger partial charge in [-0.2, -0.15) is 0 Å². The predicted molar refractivity (Wildman–Crippen MR) is 134 cm³/mol. The molecule has 3 saturated heterocycles. The maximum absolute atomic E-state index is 14.1. The number of likely N-dealkylation sites (tertiary alicyclic amines) is 1. The lowest BCUT2D eigenvalue weighted by Crippen LogP contribution is -2.57. The highest BCUT2D eigenvalue weighted by molar-refractivity contribution is 8.02. The molecule has 3 rings (SSSR count). The number of hydrogen-bond donors (Lipinski definition) is 1. The van der Waals surface area contributed by atoms with Crippen LogP contribution in [0.5, 0.6) is 0 Å². The Hall–Kier alpha value is -1.80. The van der Waals surface area contributed by atoms with Gasteiger partial charge in [0.2, 0.25) is 11.8 Å². The van der Waals surface area contributed by atoms with Gasteiger partial charge >= 0.3 is 5.97 Å². The summed E-state index contributed by atoms with van der Waals surface area (Å²) >= 11 is 1.66. The SMILES string of the molecule is C=CCOC(=O)[C@@H]1[C@H]2C(=O)N(CCCCO)C(C(=O)N(CC=C)CCCCC)C23S[C@@H]1CC3C. The average molecular weight is 493 g/mol. The Balaban J connectivity index is 1.98. The summed E-state index contributed by atoms with van der Waals surface area (Å²) in [5.74, 6) is -1.51. The molecular formula is C26H40N2O5S. The molecule has 3 aliphatic rings. The van der Waals surface area contributed by atoms with E-state index in [0.29, 0.717) is 32.5 Å². The van der Waals surface area contributed by atoms with Crippen molar-refractivity contribution in [3.05, 3.63) is 25.3 Å². The van der Waals surface area contributed by atoms with Crippen LogP contribution in [0.1, 0.15) is 52.4 Å². The lowest BCUT2D eigenvalue weighted by Gasteiger charge is -2.40. The van der Waals surface area contributed by atoms with Gasteiger partial charge in [0.15, 0.2) is 0 Å². The first-order valence-corrected chi connectivity index (χ1v) is 13.5. The van der Waals surface area contributed by atoms with Gasteiger partial charge < -0.3 is 19.6 Å². The third-order valence-electron chi connectivity index (χ3n) is 7.59. The summed E-state index contributed by atoms with van der Waals surface area (Å²) < 4.78 is 4.78. The van der Waals surface area contributed by atoms with Crippen molar-refractivity contribution in [2.45, 2.75) is 68.4 Å². The van der Waals surface area contributed by atoms with Crippen molar-refractivity contribution < 1.29 is 24.2 Å². The molecule has 0 radical (unpaired) electrons. The summed E-state index contributed by atoms with van der Waals surface area (Å²) in [6, 6.07) is -0.618. The zero-order valence-corrected chi connectivity index (χ0v) is 21.4. The fourth-order valence-corrected chi connectivity index (χ4v) is 8.52. The van der Waals surface area contributed by atoms with Crippen LogP contribution in [-0.4, -0.2) is 81.6 Å². The molecule has 2 bridgehead atoms. The zero-order chi connectivity index (χ0) is 24.9. The Morgan fingerprint density at radius 1 is 1.26 bits per heavy atom. The second kappa shape index (κ2) is 11.8. The molecule has 3 heterocycles. The van der Waals surface area contributed by atoms with E-state index in [0.717, 1.165) is 25.7 Å². The molecule has 3 unspecified atom stereocenters. The Kier molecular flexibility index (Phi) is 9.27. The molecule has 6 atom stereocenters. The number of nitrogens with zero attached hydrogens (tertiary/aromatic N) is 2. The minimum atomic E-state index is -0.639. The number of aliphatic hydroxyl groups is 1. The first-order valence-electron chi connectivity index (χ1n) is 12.6. The molecule has 190 valence electrons. The van der Waals surface area contributed by atoms with Crippen LogP contribution >= 0.6 is 11.8 Å². The molecule has 0 aromatic carbocycles. The number of amides is 2. The molecule has 0 aromatic heterocycles. The quantitative estimate of drug-likeness (QED) is 0.228. The van der Waals surface area contributed by atoms with Crippen LogP contribution in [0.4, 0.5) is 0 Å². The molecule has 7 nitrogen and oxygen atoms in total. The van der Waals surface area contributed by atoms with E-state index in [4.69, 9.17) is 4.74 Å². The summed E-state index contributed by atoms with van der Waals surface area (Å²) in [5.41, 5.74) is 0. The standard InChI is InChI=1S/C26H40N2O5S/c1-5-8-9-13-27(12-6-2)24(31)22-26-18(4)17-19(34-26)20(25(32)33-16-7-3)21(26)23(30)28(22)14-10-11-15-29/h6-7,18-22,29H,2-3,5,8-17H2,1,4H3/t18?,19-,20+,21+,22?,26?/m1/s1. The average Bonchev–Trinajstić information content (AvgIpc) is 3.41. The number of carbonyl (C=O) groups excluding carboxylic acids is 3. The number of unbranched alkanes of at least 4 members (excludes halogenated alkanes) is 3. The third kappa shape index (κ3) is 4.68. The fourth-order valence-electron chi connectivity index (χ4n) is 6.11. The third-order valence-corrected chi connectivity index (χ3v) is 9.67. The number of rotatable bonds is 14. The minimum absolute atomic E-state index is 0.0240. The summed E-state index contributed by atoms with van der Waals surface area (Å²) in [6.45, 7) is 13.3. The largest absolute Gasteiger partial charge is 0.461 e. The highest BCUT2D eigenvalue weighted by Crippen LogP contribution is 2.68. The van der Waals surface area contributed by atoms with Crippen molar-refractivity contribution in [1.82, 2.24) is 9.80 Å². The van der Waals surface area contributed by atoms with Crippen LogP contribution in [0.15, 0.2) is 25.3 Å². The molecule has 0 aliphatic carbocycles. The molecular weight excluding hydrogens is 452 g/mol. The molecule has 34 heavy (non-hydrogen) atoms. The first-order chi connectivity index (χ1) is 16.4. The Morgan fingerprint density at radius 3 is 2.68 bits per heavy atom. The fraction of sp³-hybridized carbons (Fsp3) is 0.731. The van der Waals surface area contributed by atoms with E-state index in [1.54, 1.807) is 22.7 Å². The van der Waals surface area contributed by atoms with E-state index < -0.39 is 22.6 Å². The van der Waals surface area contributed by atoms with Crippen molar-refractivity contribution in [3.8, 4) is 0 Å². The number of fused-ring (bicyclic) bond motifs is 1. The summed E-state index contributed by atoms with van der Waals surface area (Å²) in [5, 5.41) is 9.28. The van der Waals surface area contributed by atoms with Crippen LogP contribution < -0.4 is 0 Å². The van der Waals surface area contributed by atoms with Crippen LogP contribution in [0, 0.1) is 17.8 Å². The Labute approximate surface area is 208 Å². The Morgan fingerprint density at radius 2 is 2.03 bits per heavy atom. The van der Waals surface area contributed by atoms with Gasteiger partial charge in [-0.15, -0.1) is 18.3 Å². The normalized spacial score (nSPS) is 31.4. The lowest BCUT2D eigenvalue weighted by molar-refractivity contribution is -0.153. The van der Waals surface area contributed by atoms with Crippen molar-refractivity contribution in [2.75, 3.05) is 32.8 Å². The summed E-state index contributed by atoms with van der Waals surface area (Å²) in [7, 11) is 0. The van der Waals surface area contributed by atoms with Gasteiger partial charge in [0.05, 0.1) is 16.6 Å². The molecule has 0 saturated carbocycles. The van der Waals surface area contributed by atoms with E-state index in [1.165, 1.54) is 6.08 Å². The van der Waals surface area contributed by atoms with Crippen molar-refractivity contribution in [1.29, 1.82) is 0 Å². The highest BCUT2D eigenvalue weighted by Gasteiger charge is 2.76. The number of carbonyl (C=O) groups is 3. The van der Waals surface area contributed by atoms with Crippen molar-refractivity contribution >= 4 is 29.5 Å². The number of hydrogen-bond acceptors (Lipinski definition) is 6. The first kappa shape index (κ1) is 26.8. The predicted octanol–water partition coefficient (Wildman–Crippen LogP) is 3.03. The van der Waals surface area contributed by atoms with Crippen LogP contribution in [0.2, 0.25) is 0 Å². The van der Waals surface area contributed by atoms with E-state index in [2.05, 4.69) is 27.0 Å². The molecule has 8 heteroatoms. The lowest BCUT2D eigenvalue weighted by atomic mass is 9.66. The molecule has 1 spiro atoms. The summed E-state index contributed by atoms with van der Waals surface area (Å²) in [4.78, 5) is 44.6. The van der Waals surface area contributed by atoms with Gasteiger partial charge in [-0.25, -0.2) is 0 Å². The molecule has 3 aliphatic heterocycles. The molecule has 2 amide bonds. The minimum Gasteiger partial charge on any atom is -0.461 e. The molecule has 0 aromatic rings. The van der Waals surface area contributed by atoms with E-state index in [-0.39, 0.29) is 42.2 Å². The second-order valence-electron chi connectivity index (χ2n) is 9.71. The number of esters is 1. The second-order valence-corrected chi connectivity index (χ2v) is 11.3. The van der Waals surface area contributed by atoms with E-state index in [9.17, 15) is 19.5 Å². The van der Waals surface area contributed by atoms with Crippen LogP contribution in [-0.2, 0) is 19.1 Å². The monoisotopic (exact) mass is 492 g/mol. The maximum atomic E-state index is 14.1. The van der Waals surface area contributed by atoms with Crippen LogP contribution in [0.3, 0.4) is 0 Å². The van der Waals surface area contributed by atoms with Crippen LogP contribution in [0.25, 0.3) is 0 Å². The van der Waals surface area contributed by atoms with Gasteiger partial charge in [0.1, 0.15) is 12.6 Å². The van der Waals surface area contributed by atoms with Crippen molar-refractivity contribution in [3.63, 3.8) is 0 Å². The zero-order valence-electron chi connectivity index (χ0n) is 20.6. The smallest absolute Gasteiger partial charge is 0.311 e. The van der Waals surface area contributed by atoms with E-state index in [1.807, 2.05) is 4.90 Å². The van der Waals surface area contributed by atoms with Gasteiger partial charge in [0.25, 0.3) is 0 Å². The number of thioether (sulfide) groups is 1. The number of aliphatic hydroxyl groups excluding tert-OH is 1. The molecule has 3 fully saturated rings. The molecule has 1 N–H and O–H groups in total. The van der Waals surface area contributed by atoms with Gasteiger partial charge in [0, 0.05) is 31.5 Å². The van der Waals surface area contributed by atoms with Gasteiger partial charge in [-0.3, -0.25) is 14.4 Å². The maximum Gasteiger partial charge on any atom is 0.311 e. The van der Waals surface area contributed by atoms with Gasteiger partial charge in [-0.05, 0) is 31.6 Å². The van der Waals surface area contributed by atoms with E-state index >= 15 is 0 Å². The summed E-state index contributed by atoms with van der Waals surface area (Å²) in [6.07, 6.45) is 8.22. The highest BCUT2D eigenvalue weighted by atomic mass is 32.2. The topological polar surface area (TPSA) is 87.1 Å².